The van der Waals surface area contributed by atoms with Crippen LogP contribution in [0.25, 0.3) is 0 Å². The van der Waals surface area contributed by atoms with Gasteiger partial charge in [0.15, 0.2) is 10.8 Å². The zero-order valence-electron chi connectivity index (χ0n) is 35.6. The van der Waals surface area contributed by atoms with E-state index in [9.17, 15) is 18.0 Å². The van der Waals surface area contributed by atoms with Crippen LogP contribution in [0.1, 0.15) is 39.1 Å². The van der Waals surface area contributed by atoms with Crippen molar-refractivity contribution in [2.45, 2.75) is 23.2 Å². The van der Waals surface area contributed by atoms with E-state index in [0.29, 0.717) is 26.1 Å². The number of halogens is 1. The van der Waals surface area contributed by atoms with Crippen LogP contribution in [-0.4, -0.2) is 53.2 Å². The summed E-state index contributed by atoms with van der Waals surface area (Å²) < 4.78 is 33.5. The third-order valence-electron chi connectivity index (χ3n) is 11.4. The molecule has 9 rings (SSSR count). The minimum absolute atomic E-state index is 0.110. The number of rotatable bonds is 17. The Morgan fingerprint density at radius 3 is 1.52 bits per heavy atom. The van der Waals surface area contributed by atoms with Crippen molar-refractivity contribution in [3.8, 4) is 0 Å². The first-order chi connectivity index (χ1) is 32.7. The molecule has 67 heavy (non-hydrogen) atoms. The zero-order valence-corrected chi connectivity index (χ0v) is 38.0. The first-order valence-corrected chi connectivity index (χ1v) is 24.0. The summed E-state index contributed by atoms with van der Waals surface area (Å²) in [6.07, 6.45) is 2.72. The third kappa shape index (κ3) is 8.77. The fourth-order valence-electron chi connectivity index (χ4n) is 8.27. The number of carbonyl (C=O) groups excluding carboxylic acids is 2. The minimum Gasteiger partial charge on any atom is -0.374 e. The largest absolute Gasteiger partial charge is 0.466 e. The second-order valence-electron chi connectivity index (χ2n) is 15.4. The van der Waals surface area contributed by atoms with Crippen LogP contribution in [-0.2, 0) is 35.9 Å². The van der Waals surface area contributed by atoms with E-state index in [2.05, 4.69) is 10.6 Å². The van der Waals surface area contributed by atoms with Gasteiger partial charge in [-0.05, 0) is 16.7 Å². The summed E-state index contributed by atoms with van der Waals surface area (Å²) in [5, 5.41) is 13.3. The van der Waals surface area contributed by atoms with Crippen LogP contribution >= 0.6 is 22.9 Å². The number of hydrogen-bond acceptors (Lipinski definition) is 10. The number of nitrogens with one attached hydrogen (secondary N) is 2. The molecule has 8 aromatic rings. The molecule has 0 aliphatic carbocycles. The van der Waals surface area contributed by atoms with Gasteiger partial charge in [0.25, 0.3) is 11.8 Å². The number of oxime groups is 1. The van der Waals surface area contributed by atoms with Crippen molar-refractivity contribution in [3.05, 3.63) is 257 Å². The van der Waals surface area contributed by atoms with Crippen LogP contribution in [0.4, 0.5) is 5.13 Å². The standard InChI is InChI=1S/C52H41ClN6O6S2/c53-36-45-47(49(61)59(45)67(62,63)65-58-34-20-7-21-35-58)55-48(60)46(57-64-52(41-28-14-4-15-29-41,42-30-16-5-17-31-42)43-32-18-6-19-33-43)44-37-66-50(54-44)56-51(38-22-8-1-9-23-38,39-24-10-2-11-25-39)40-26-12-3-13-27-40/h1-35,37,45,47H,36H2,(H-,54,55,56,60)/p+1. The zero-order chi connectivity index (χ0) is 46.3. The molecule has 6 aromatic carbocycles. The average molecular weight is 947 g/mol. The molecular formula is C52H42ClN6O6S2+. The monoisotopic (exact) mass is 945 g/mol. The highest BCUT2D eigenvalue weighted by atomic mass is 35.5. The number of anilines is 1. The van der Waals surface area contributed by atoms with Gasteiger partial charge < -0.3 is 15.5 Å². The maximum absolute atomic E-state index is 14.9. The first kappa shape index (κ1) is 44.5. The molecule has 0 spiro atoms. The quantitative estimate of drug-likeness (QED) is 0.0235. The highest BCUT2D eigenvalue weighted by Crippen LogP contribution is 2.43. The maximum Gasteiger partial charge on any atom is 0.466 e. The van der Waals surface area contributed by atoms with Gasteiger partial charge in [-0.15, -0.1) is 27.2 Å². The van der Waals surface area contributed by atoms with Gasteiger partial charge in [0.05, 0.1) is 6.04 Å². The van der Waals surface area contributed by atoms with Crippen molar-refractivity contribution in [1.82, 2.24) is 14.6 Å². The highest BCUT2D eigenvalue weighted by Gasteiger charge is 2.56. The van der Waals surface area contributed by atoms with Crippen LogP contribution in [0.5, 0.6) is 0 Å². The summed E-state index contributed by atoms with van der Waals surface area (Å²) in [5.74, 6) is -2.18. The van der Waals surface area contributed by atoms with Gasteiger partial charge in [-0.3, -0.25) is 9.59 Å². The number of β-lactam (4-membered cyclic amide) rings is 1. The summed E-state index contributed by atoms with van der Waals surface area (Å²) in [4.78, 5) is 40.5. The summed E-state index contributed by atoms with van der Waals surface area (Å²) in [7, 11) is -4.70. The Labute approximate surface area is 397 Å². The highest BCUT2D eigenvalue weighted by molar-refractivity contribution is 7.85. The number of benzene rings is 6. The molecule has 1 aliphatic rings. The van der Waals surface area contributed by atoms with Crippen LogP contribution < -0.4 is 19.6 Å². The van der Waals surface area contributed by atoms with E-state index >= 15 is 0 Å². The fourth-order valence-corrected chi connectivity index (χ4v) is 10.7. The van der Waals surface area contributed by atoms with Crippen LogP contribution in [0.3, 0.4) is 0 Å². The molecular weight excluding hydrogens is 904 g/mol. The molecule has 12 nitrogen and oxygen atoms in total. The van der Waals surface area contributed by atoms with Gasteiger partial charge >= 0.3 is 10.3 Å². The molecule has 1 fully saturated rings. The second-order valence-corrected chi connectivity index (χ2v) is 18.0. The number of amides is 2. The molecule has 2 N–H and O–H groups in total. The lowest BCUT2D eigenvalue weighted by Gasteiger charge is -2.42. The summed E-state index contributed by atoms with van der Waals surface area (Å²) in [6, 6.07) is 60.7. The molecule has 3 heterocycles. The maximum atomic E-state index is 14.9. The molecule has 0 saturated carbocycles. The number of pyridine rings is 1. The van der Waals surface area contributed by atoms with E-state index in [1.807, 2.05) is 182 Å². The van der Waals surface area contributed by atoms with E-state index < -0.39 is 45.3 Å². The summed E-state index contributed by atoms with van der Waals surface area (Å²) >= 11 is 7.59. The third-order valence-corrected chi connectivity index (χ3v) is 13.8. The number of thiazole rings is 1. The van der Waals surface area contributed by atoms with Crippen molar-refractivity contribution >= 4 is 55.9 Å². The Kier molecular flexibility index (Phi) is 12.9. The second kappa shape index (κ2) is 19.4. The van der Waals surface area contributed by atoms with Crippen LogP contribution in [0.15, 0.2) is 223 Å². The number of aromatic nitrogens is 2. The number of alkyl halides is 1. The molecule has 15 heteroatoms. The van der Waals surface area contributed by atoms with Gasteiger partial charge in [-0.1, -0.05) is 193 Å². The molecule has 2 unspecified atom stereocenters. The topological polar surface area (TPSA) is 143 Å². The molecule has 1 aliphatic heterocycles. The molecule has 2 atom stereocenters. The van der Waals surface area contributed by atoms with Crippen molar-refractivity contribution in [1.29, 1.82) is 0 Å². The van der Waals surface area contributed by atoms with Gasteiger partial charge in [-0.2, -0.15) is 12.7 Å². The Morgan fingerprint density at radius 1 is 0.672 bits per heavy atom. The van der Waals surface area contributed by atoms with Crippen molar-refractivity contribution < 1.29 is 31.9 Å². The van der Waals surface area contributed by atoms with E-state index in [0.717, 1.165) is 21.4 Å². The number of hydrogen-bond donors (Lipinski definition) is 2. The Balaban J connectivity index is 1.15. The first-order valence-electron chi connectivity index (χ1n) is 21.2. The number of carbonyl (C=O) groups is 2. The SMILES string of the molecule is O=C(NC1C(=O)N(S(=O)(=O)O[n+]2ccccc2)C1CCl)C(=NOC(c1ccccc1)(c1ccccc1)c1ccccc1)c1csc(NC(c2ccccc2)(c2ccccc2)c2ccccc2)n1. The van der Waals surface area contributed by atoms with Gasteiger partial charge in [0.2, 0.25) is 18.0 Å². The smallest absolute Gasteiger partial charge is 0.374 e. The van der Waals surface area contributed by atoms with Gasteiger partial charge in [0.1, 0.15) is 17.3 Å². The lowest BCUT2D eigenvalue weighted by atomic mass is 9.77. The van der Waals surface area contributed by atoms with Gasteiger partial charge in [-0.25, -0.2) is 4.98 Å². The Morgan fingerprint density at radius 2 is 1.09 bits per heavy atom. The lowest BCUT2D eigenvalue weighted by Crippen LogP contribution is -2.74. The van der Waals surface area contributed by atoms with Crippen molar-refractivity contribution in [2.24, 2.45) is 5.16 Å². The molecule has 334 valence electrons. The molecule has 0 radical (unpaired) electrons. The minimum atomic E-state index is -4.70. The number of nitrogens with zero attached hydrogens (tertiary/aromatic N) is 4. The summed E-state index contributed by atoms with van der Waals surface area (Å²) in [6.45, 7) is 0. The van der Waals surface area contributed by atoms with Crippen LogP contribution in [0.2, 0.25) is 0 Å². The van der Waals surface area contributed by atoms with Crippen molar-refractivity contribution in [3.63, 3.8) is 0 Å². The predicted molar refractivity (Wildman–Crippen MR) is 257 cm³/mol. The fraction of sp³-hybridized carbons (Fsp3) is 0.0962. The molecule has 1 saturated heterocycles. The summed E-state index contributed by atoms with van der Waals surface area (Å²) in [5.41, 5.74) is 2.39. The predicted octanol–water partition coefficient (Wildman–Crippen LogP) is 7.86. The van der Waals surface area contributed by atoms with E-state index in [4.69, 9.17) is 30.9 Å². The van der Waals surface area contributed by atoms with E-state index in [1.54, 1.807) is 23.6 Å². The molecule has 0 bridgehead atoms. The van der Waals surface area contributed by atoms with E-state index in [-0.39, 0.29) is 17.3 Å². The average Bonchev–Trinajstić information content (AvgIpc) is 3.84. The Bertz CT molecular complexity index is 2890. The Hall–Kier alpha value is -7.65. The van der Waals surface area contributed by atoms with Gasteiger partial charge in [0, 0.05) is 44.8 Å². The normalized spacial score (nSPS) is 15.3. The van der Waals surface area contributed by atoms with Crippen LogP contribution in [0, 0.1) is 0 Å². The lowest BCUT2D eigenvalue weighted by molar-refractivity contribution is -0.857. The molecule has 2 amide bonds. The molecule has 2 aromatic heterocycles. The van der Waals surface area contributed by atoms with E-state index in [1.165, 1.54) is 23.7 Å². The van der Waals surface area contributed by atoms with Crippen molar-refractivity contribution in [2.75, 3.05) is 11.2 Å².